The fourth-order valence-electron chi connectivity index (χ4n) is 0.729. The van der Waals surface area contributed by atoms with Crippen LogP contribution in [0, 0.1) is 10.8 Å². The van der Waals surface area contributed by atoms with Crippen molar-refractivity contribution in [3.05, 3.63) is 0 Å². The molecule has 0 fully saturated rings. The van der Waals surface area contributed by atoms with Crippen LogP contribution in [-0.4, -0.2) is 34.7 Å². The van der Waals surface area contributed by atoms with Crippen molar-refractivity contribution in [3.63, 3.8) is 0 Å². The molecule has 0 heterocycles. The van der Waals surface area contributed by atoms with E-state index in [2.05, 4.69) is 0 Å². The molecule has 0 aliphatic carbocycles. The highest BCUT2D eigenvalue weighted by atomic mass is 16.4. The van der Waals surface area contributed by atoms with E-state index in [1.54, 1.807) is 6.92 Å². The number of carbonyl (C=O) groups is 1. The summed E-state index contributed by atoms with van der Waals surface area (Å²) in [5, 5.41) is 22.6. The lowest BCUT2D eigenvalue weighted by Gasteiger charge is -2.16. The number of hydrogen-bond acceptors (Lipinski definition) is 3. The number of nitrogens with zero attached hydrogens (tertiary/aromatic N) is 1. The molecule has 5 heteroatoms. The Bertz CT molecular complexity index is 192. The van der Waals surface area contributed by atoms with Crippen LogP contribution in [-0.2, 0) is 4.79 Å². The number of carboxylic acid groups (broad SMARTS) is 1. The normalized spacial score (nSPS) is 8.21. The molecule has 0 radical (unpaired) electrons. The van der Waals surface area contributed by atoms with Crippen molar-refractivity contribution in [3.8, 4) is 0 Å². The maximum Gasteiger partial charge on any atom is 0.303 e. The van der Waals surface area contributed by atoms with Gasteiger partial charge in [0.15, 0.2) is 0 Å². The Balaban J connectivity index is 0. The minimum atomic E-state index is -0.916. The average Bonchev–Trinajstić information content (AvgIpc) is 2.19. The molecule has 0 aromatic carbocycles. The molecule has 3 N–H and O–H groups in total. The zero-order valence-corrected chi connectivity index (χ0v) is 9.00. The van der Waals surface area contributed by atoms with Gasteiger partial charge in [-0.25, -0.2) is 0 Å². The number of hydrogen-bond donors (Lipinski definition) is 3. The van der Waals surface area contributed by atoms with Gasteiger partial charge in [0.25, 0.3) is 0 Å². The van der Waals surface area contributed by atoms with Crippen molar-refractivity contribution < 1.29 is 9.90 Å². The zero-order valence-electron chi connectivity index (χ0n) is 9.00. The van der Waals surface area contributed by atoms with Crippen molar-refractivity contribution in [1.29, 1.82) is 10.8 Å². The van der Waals surface area contributed by atoms with E-state index in [0.717, 1.165) is 6.34 Å². The number of aliphatic carboxylic acids is 1. The highest BCUT2D eigenvalue weighted by molar-refractivity contribution is 5.90. The first kappa shape index (κ1) is 15.1. The van der Waals surface area contributed by atoms with Gasteiger partial charge >= 0.3 is 5.97 Å². The number of nitrogens with one attached hydrogen (secondary N) is 2. The Hall–Kier alpha value is -1.39. The molecular formula is C9H19N3O2. The highest BCUT2D eigenvalue weighted by Gasteiger charge is 2.06. The number of amidine groups is 1. The van der Waals surface area contributed by atoms with Gasteiger partial charge in [0.2, 0.25) is 0 Å². The van der Waals surface area contributed by atoms with Crippen LogP contribution in [0.2, 0.25) is 0 Å². The van der Waals surface area contributed by atoms with E-state index in [4.69, 9.17) is 15.9 Å². The molecule has 82 valence electrons. The first-order valence-corrected chi connectivity index (χ1v) is 4.68. The highest BCUT2D eigenvalue weighted by Crippen LogP contribution is 1.95. The second-order valence-corrected chi connectivity index (χ2v) is 2.26. The summed E-state index contributed by atoms with van der Waals surface area (Å²) in [4.78, 5) is 11.5. The van der Waals surface area contributed by atoms with Crippen LogP contribution in [0.3, 0.4) is 0 Å². The van der Waals surface area contributed by atoms with Gasteiger partial charge in [-0.2, -0.15) is 0 Å². The standard InChI is InChI=1S/C7H13N3O2.C2H6/c1-2-10(5-8)6(9)3-4-7(11)12;1-2/h5,8-9H,2-4H2,1H3,(H,11,12);1-2H3. The molecule has 14 heavy (non-hydrogen) atoms. The molecule has 0 aromatic rings. The molecule has 0 bridgehead atoms. The van der Waals surface area contributed by atoms with Gasteiger partial charge in [-0.3, -0.25) is 15.6 Å². The minimum absolute atomic E-state index is 0.0524. The molecule has 0 aliphatic heterocycles. The molecule has 0 unspecified atom stereocenters. The quantitative estimate of drug-likeness (QED) is 0.468. The Morgan fingerprint density at radius 3 is 2.21 bits per heavy atom. The summed E-state index contributed by atoms with van der Waals surface area (Å²) < 4.78 is 0. The topological polar surface area (TPSA) is 88.2 Å². The Morgan fingerprint density at radius 2 is 1.93 bits per heavy atom. The van der Waals surface area contributed by atoms with Crippen molar-refractivity contribution in [1.82, 2.24) is 4.90 Å². The molecule has 0 saturated carbocycles. The number of carboxylic acids is 1. The van der Waals surface area contributed by atoms with Gasteiger partial charge in [-0.1, -0.05) is 13.8 Å². The molecule has 0 spiro atoms. The summed E-state index contributed by atoms with van der Waals surface area (Å²) in [5.41, 5.74) is 0. The van der Waals surface area contributed by atoms with Gasteiger partial charge < -0.3 is 10.0 Å². The molecule has 0 rings (SSSR count). The van der Waals surface area contributed by atoms with Gasteiger partial charge in [-0.15, -0.1) is 0 Å². The van der Waals surface area contributed by atoms with E-state index < -0.39 is 5.97 Å². The van der Waals surface area contributed by atoms with E-state index in [1.165, 1.54) is 4.90 Å². The Morgan fingerprint density at radius 1 is 1.43 bits per heavy atom. The lowest BCUT2D eigenvalue weighted by molar-refractivity contribution is -0.136. The Kier molecular flexibility index (Phi) is 10.5. The first-order valence-electron chi connectivity index (χ1n) is 4.68. The van der Waals surface area contributed by atoms with Crippen LogP contribution < -0.4 is 0 Å². The predicted octanol–water partition coefficient (Wildman–Crippen LogP) is 1.78. The molecule has 0 saturated heterocycles. The van der Waals surface area contributed by atoms with E-state index in [1.807, 2.05) is 13.8 Å². The average molecular weight is 201 g/mol. The maximum atomic E-state index is 10.1. The SMILES string of the molecule is CC.CCN(C=N)C(=N)CCC(=O)O. The summed E-state index contributed by atoms with van der Waals surface area (Å²) in [5.74, 6) is -0.740. The van der Waals surface area contributed by atoms with Gasteiger partial charge in [0.1, 0.15) is 5.84 Å². The van der Waals surface area contributed by atoms with Gasteiger partial charge in [-0.05, 0) is 6.92 Å². The fourth-order valence-corrected chi connectivity index (χ4v) is 0.729. The predicted molar refractivity (Wildman–Crippen MR) is 57.1 cm³/mol. The summed E-state index contributed by atoms with van der Waals surface area (Å²) >= 11 is 0. The van der Waals surface area contributed by atoms with Crippen LogP contribution in [0.25, 0.3) is 0 Å². The monoisotopic (exact) mass is 201 g/mol. The fraction of sp³-hybridized carbons (Fsp3) is 0.667. The van der Waals surface area contributed by atoms with Crippen molar-refractivity contribution in [2.75, 3.05) is 6.54 Å². The summed E-state index contributed by atoms with van der Waals surface area (Å²) in [7, 11) is 0. The van der Waals surface area contributed by atoms with E-state index >= 15 is 0 Å². The lowest BCUT2D eigenvalue weighted by atomic mass is 10.3. The van der Waals surface area contributed by atoms with E-state index in [-0.39, 0.29) is 18.7 Å². The largest absolute Gasteiger partial charge is 0.481 e. The second-order valence-electron chi connectivity index (χ2n) is 2.26. The summed E-state index contributed by atoms with van der Waals surface area (Å²) in [6, 6.07) is 0. The second kappa shape index (κ2) is 9.70. The summed E-state index contributed by atoms with van der Waals surface area (Å²) in [6.45, 7) is 6.34. The van der Waals surface area contributed by atoms with Crippen LogP contribution in [0.4, 0.5) is 0 Å². The van der Waals surface area contributed by atoms with Crippen molar-refractivity contribution >= 4 is 18.1 Å². The van der Waals surface area contributed by atoms with Crippen LogP contribution in [0.15, 0.2) is 0 Å². The molecule has 0 aromatic heterocycles. The Labute approximate surface area is 84.8 Å². The third-order valence-corrected chi connectivity index (χ3v) is 1.42. The van der Waals surface area contributed by atoms with Crippen LogP contribution >= 0.6 is 0 Å². The first-order chi connectivity index (χ1) is 6.61. The van der Waals surface area contributed by atoms with Gasteiger partial charge in [0, 0.05) is 13.0 Å². The zero-order chi connectivity index (χ0) is 11.6. The van der Waals surface area contributed by atoms with Gasteiger partial charge in [0.05, 0.1) is 12.8 Å². The maximum absolute atomic E-state index is 10.1. The smallest absolute Gasteiger partial charge is 0.303 e. The van der Waals surface area contributed by atoms with Crippen LogP contribution in [0.1, 0.15) is 33.6 Å². The van der Waals surface area contributed by atoms with Crippen LogP contribution in [0.5, 0.6) is 0 Å². The molecule has 0 aliphatic rings. The lowest BCUT2D eigenvalue weighted by Crippen LogP contribution is -2.28. The molecule has 0 amide bonds. The minimum Gasteiger partial charge on any atom is -0.481 e. The molecule has 5 nitrogen and oxygen atoms in total. The molecule has 0 atom stereocenters. The molecular weight excluding hydrogens is 182 g/mol. The van der Waals surface area contributed by atoms with Crippen molar-refractivity contribution in [2.45, 2.75) is 33.6 Å². The number of rotatable bonds is 5. The van der Waals surface area contributed by atoms with E-state index in [0.29, 0.717) is 6.54 Å². The third-order valence-electron chi connectivity index (χ3n) is 1.42. The van der Waals surface area contributed by atoms with E-state index in [9.17, 15) is 4.79 Å². The third kappa shape index (κ3) is 7.27. The summed E-state index contributed by atoms with van der Waals surface area (Å²) in [6.07, 6.45) is 1.16. The van der Waals surface area contributed by atoms with Crippen molar-refractivity contribution in [2.24, 2.45) is 0 Å².